The Hall–Kier alpha value is -3.35. The molecule has 0 saturated heterocycles. The molecule has 3 aliphatic carbocycles. The average molecular weight is 477 g/mol. The van der Waals surface area contributed by atoms with Crippen LogP contribution in [0.3, 0.4) is 0 Å². The number of alkyl carbamates (subject to hydrolysis) is 1. The zero-order valence-electron chi connectivity index (χ0n) is 19.8. The Balaban J connectivity index is 1.17. The maximum atomic E-state index is 13.0. The van der Waals surface area contributed by atoms with Crippen LogP contribution in [0.1, 0.15) is 62.0 Å². The van der Waals surface area contributed by atoms with Crippen LogP contribution in [0.25, 0.3) is 11.1 Å². The fraction of sp³-hybridized carbons (Fsp3) is 0.464. The largest absolute Gasteiger partial charge is 0.480 e. The van der Waals surface area contributed by atoms with E-state index >= 15 is 0 Å². The first-order valence-corrected chi connectivity index (χ1v) is 12.6. The van der Waals surface area contributed by atoms with Crippen molar-refractivity contribution >= 4 is 18.0 Å². The smallest absolute Gasteiger partial charge is 0.407 e. The quantitative estimate of drug-likeness (QED) is 0.547. The number of ether oxygens (including phenoxy) is 1. The molecule has 7 nitrogen and oxygen atoms in total. The average Bonchev–Trinajstić information content (AvgIpc) is 3.17. The molecular formula is C28H32N2O5. The summed E-state index contributed by atoms with van der Waals surface area (Å²) in [4.78, 5) is 37.3. The summed E-state index contributed by atoms with van der Waals surface area (Å²) in [6.07, 6.45) is 4.72. The lowest BCUT2D eigenvalue weighted by Crippen LogP contribution is -2.61. The number of nitrogens with one attached hydrogen (secondary N) is 2. The number of carboxylic acid groups (broad SMARTS) is 1. The number of aliphatic carboxylic acids is 1. The summed E-state index contributed by atoms with van der Waals surface area (Å²) in [7, 11) is 0. The van der Waals surface area contributed by atoms with Crippen LogP contribution >= 0.6 is 0 Å². The highest BCUT2D eigenvalue weighted by atomic mass is 16.5. The van der Waals surface area contributed by atoms with Crippen molar-refractivity contribution in [3.05, 3.63) is 59.7 Å². The van der Waals surface area contributed by atoms with Gasteiger partial charge in [0, 0.05) is 18.4 Å². The number of hydrogen-bond donors (Lipinski definition) is 3. The Morgan fingerprint density at radius 3 is 2.14 bits per heavy atom. The molecule has 2 aromatic rings. The molecule has 0 bridgehead atoms. The van der Waals surface area contributed by atoms with Crippen LogP contribution in [0, 0.1) is 11.8 Å². The number of amides is 2. The van der Waals surface area contributed by atoms with Crippen LogP contribution in [0.15, 0.2) is 48.5 Å². The molecule has 0 aliphatic heterocycles. The summed E-state index contributed by atoms with van der Waals surface area (Å²) in [5, 5.41) is 15.2. The summed E-state index contributed by atoms with van der Waals surface area (Å²) < 4.78 is 5.64. The van der Waals surface area contributed by atoms with E-state index < -0.39 is 17.6 Å². The summed E-state index contributed by atoms with van der Waals surface area (Å²) >= 11 is 0. The third-order valence-corrected chi connectivity index (χ3v) is 8.08. The van der Waals surface area contributed by atoms with E-state index in [2.05, 4.69) is 34.9 Å². The van der Waals surface area contributed by atoms with Gasteiger partial charge >= 0.3 is 12.1 Å². The molecule has 3 N–H and O–H groups in total. The second kappa shape index (κ2) is 9.72. The van der Waals surface area contributed by atoms with Crippen LogP contribution in [-0.4, -0.2) is 41.8 Å². The first-order valence-electron chi connectivity index (χ1n) is 12.6. The Morgan fingerprint density at radius 2 is 1.54 bits per heavy atom. The van der Waals surface area contributed by atoms with Crippen molar-refractivity contribution in [2.75, 3.05) is 13.2 Å². The fourth-order valence-electron chi connectivity index (χ4n) is 5.91. The maximum Gasteiger partial charge on any atom is 0.407 e. The number of benzene rings is 2. The Morgan fingerprint density at radius 1 is 0.914 bits per heavy atom. The lowest BCUT2D eigenvalue weighted by Gasteiger charge is -2.40. The molecule has 0 unspecified atom stereocenters. The number of hydrogen-bond acceptors (Lipinski definition) is 4. The third kappa shape index (κ3) is 4.51. The summed E-state index contributed by atoms with van der Waals surface area (Å²) in [5.41, 5.74) is 3.57. The van der Waals surface area contributed by atoms with Gasteiger partial charge in [0.2, 0.25) is 5.91 Å². The first kappa shape index (κ1) is 23.4. The van der Waals surface area contributed by atoms with Crippen molar-refractivity contribution in [2.24, 2.45) is 11.8 Å². The molecule has 3 aliphatic rings. The molecule has 2 saturated carbocycles. The van der Waals surface area contributed by atoms with Crippen molar-refractivity contribution in [1.29, 1.82) is 0 Å². The van der Waals surface area contributed by atoms with Gasteiger partial charge in [0.1, 0.15) is 12.1 Å². The topological polar surface area (TPSA) is 105 Å². The van der Waals surface area contributed by atoms with Gasteiger partial charge in [-0.1, -0.05) is 61.4 Å². The molecule has 184 valence electrons. The SMILES string of the molecule is O=C(NC[C@@H]1CCCC[C@@H]1C(=O)NC1(C(=O)O)CCC1)OCC1c2ccccc2-c2ccccc21. The fourth-order valence-corrected chi connectivity index (χ4v) is 5.91. The minimum Gasteiger partial charge on any atom is -0.480 e. The molecule has 0 radical (unpaired) electrons. The van der Waals surface area contributed by atoms with E-state index in [4.69, 9.17) is 4.74 Å². The number of rotatable bonds is 7. The molecule has 0 aromatic heterocycles. The molecule has 0 spiro atoms. The zero-order valence-corrected chi connectivity index (χ0v) is 19.8. The molecule has 2 aromatic carbocycles. The lowest BCUT2D eigenvalue weighted by molar-refractivity contribution is -0.153. The minimum absolute atomic E-state index is 0.00366. The second-order valence-electron chi connectivity index (χ2n) is 10.1. The van der Waals surface area contributed by atoms with E-state index in [0.29, 0.717) is 25.8 Å². The number of fused-ring (bicyclic) bond motifs is 3. The van der Waals surface area contributed by atoms with Crippen LogP contribution in [-0.2, 0) is 14.3 Å². The van der Waals surface area contributed by atoms with Crippen LogP contribution in [0.4, 0.5) is 4.79 Å². The number of carbonyl (C=O) groups is 3. The standard InChI is InChI=1S/C28H32N2O5/c31-25(30-28(26(32)33)14-7-15-28)19-9-2-1-8-18(19)16-29-27(34)35-17-24-22-12-5-3-10-20(22)21-11-4-6-13-23(21)24/h3-6,10-13,18-19,24H,1-2,7-9,14-17H2,(H,29,34)(H,30,31)(H,32,33)/t18-,19-/m0/s1. The van der Waals surface area contributed by atoms with Gasteiger partial charge in [0.05, 0.1) is 0 Å². The monoisotopic (exact) mass is 476 g/mol. The van der Waals surface area contributed by atoms with Crippen molar-refractivity contribution in [2.45, 2.75) is 56.4 Å². The van der Waals surface area contributed by atoms with E-state index in [0.717, 1.165) is 36.8 Å². The van der Waals surface area contributed by atoms with E-state index in [1.54, 1.807) is 0 Å². The highest BCUT2D eigenvalue weighted by Gasteiger charge is 2.47. The second-order valence-corrected chi connectivity index (χ2v) is 10.1. The van der Waals surface area contributed by atoms with Crippen molar-refractivity contribution < 1.29 is 24.2 Å². The van der Waals surface area contributed by atoms with Gasteiger partial charge in [0.15, 0.2) is 0 Å². The van der Waals surface area contributed by atoms with Crippen molar-refractivity contribution in [3.8, 4) is 11.1 Å². The van der Waals surface area contributed by atoms with Crippen molar-refractivity contribution in [3.63, 3.8) is 0 Å². The van der Waals surface area contributed by atoms with Gasteiger partial charge in [-0.05, 0) is 60.3 Å². The van der Waals surface area contributed by atoms with E-state index in [1.165, 1.54) is 11.1 Å². The molecule has 35 heavy (non-hydrogen) atoms. The van der Waals surface area contributed by atoms with Crippen LogP contribution in [0.2, 0.25) is 0 Å². The molecular weight excluding hydrogens is 444 g/mol. The van der Waals surface area contributed by atoms with Gasteiger partial charge in [-0.15, -0.1) is 0 Å². The molecule has 5 rings (SSSR count). The third-order valence-electron chi connectivity index (χ3n) is 8.08. The summed E-state index contributed by atoms with van der Waals surface area (Å²) in [6.45, 7) is 0.588. The molecule has 2 fully saturated rings. The van der Waals surface area contributed by atoms with Gasteiger partial charge in [-0.25, -0.2) is 9.59 Å². The molecule has 0 heterocycles. The lowest BCUT2D eigenvalue weighted by atomic mass is 9.74. The number of carbonyl (C=O) groups excluding carboxylic acids is 2. The highest BCUT2D eigenvalue weighted by molar-refractivity contribution is 5.89. The van der Waals surface area contributed by atoms with Gasteiger partial charge < -0.3 is 20.5 Å². The van der Waals surface area contributed by atoms with E-state index in [-0.39, 0.29) is 30.3 Å². The number of carboxylic acids is 1. The zero-order chi connectivity index (χ0) is 24.4. The molecule has 2 atom stereocenters. The summed E-state index contributed by atoms with van der Waals surface area (Å²) in [5.74, 6) is -1.49. The van der Waals surface area contributed by atoms with Crippen molar-refractivity contribution in [1.82, 2.24) is 10.6 Å². The maximum absolute atomic E-state index is 13.0. The Kier molecular flexibility index (Phi) is 6.50. The molecule has 7 heteroatoms. The normalized spacial score (nSPS) is 22.3. The summed E-state index contributed by atoms with van der Waals surface area (Å²) in [6, 6.07) is 16.4. The Bertz CT molecular complexity index is 1080. The van der Waals surface area contributed by atoms with E-state index in [9.17, 15) is 19.5 Å². The van der Waals surface area contributed by atoms with Gasteiger partial charge in [-0.2, -0.15) is 0 Å². The van der Waals surface area contributed by atoms with Crippen LogP contribution in [0.5, 0.6) is 0 Å². The van der Waals surface area contributed by atoms with Gasteiger partial charge in [0.25, 0.3) is 0 Å². The molecule has 2 amide bonds. The first-order chi connectivity index (χ1) is 17.0. The Labute approximate surface area is 205 Å². The highest BCUT2D eigenvalue weighted by Crippen LogP contribution is 2.44. The predicted molar refractivity (Wildman–Crippen MR) is 131 cm³/mol. The van der Waals surface area contributed by atoms with E-state index in [1.807, 2.05) is 24.3 Å². The predicted octanol–water partition coefficient (Wildman–Crippen LogP) is 4.46. The van der Waals surface area contributed by atoms with Gasteiger partial charge in [-0.3, -0.25) is 4.79 Å². The van der Waals surface area contributed by atoms with Crippen LogP contribution < -0.4 is 10.6 Å². The minimum atomic E-state index is -1.11.